The first-order valence-electron chi connectivity index (χ1n) is 6.37. The van der Waals surface area contributed by atoms with E-state index < -0.39 is 5.79 Å². The van der Waals surface area contributed by atoms with Crippen LogP contribution in [0.5, 0.6) is 0 Å². The summed E-state index contributed by atoms with van der Waals surface area (Å²) in [5, 5.41) is 0. The molecule has 0 radical (unpaired) electrons. The quantitative estimate of drug-likeness (QED) is 0.765. The highest BCUT2D eigenvalue weighted by Gasteiger charge is 2.34. The van der Waals surface area contributed by atoms with E-state index >= 15 is 0 Å². The van der Waals surface area contributed by atoms with Gasteiger partial charge in [-0.1, -0.05) is 37.3 Å². The molecule has 0 saturated carbocycles. The van der Waals surface area contributed by atoms with Gasteiger partial charge in [0.2, 0.25) is 0 Å². The fourth-order valence-corrected chi connectivity index (χ4v) is 1.88. The number of ether oxygens (including phenoxy) is 3. The molecule has 2 rings (SSSR count). The molecule has 4 heteroatoms. The van der Waals surface area contributed by atoms with Gasteiger partial charge in [0.25, 0.3) is 5.79 Å². The molecule has 4 nitrogen and oxygen atoms in total. The molecular formula is C15H18O4. The highest BCUT2D eigenvalue weighted by Crippen LogP contribution is 2.28. The summed E-state index contributed by atoms with van der Waals surface area (Å²) in [6, 6.07) is 9.96. The number of carbonyl (C=O) groups is 1. The Morgan fingerprint density at radius 2 is 2.05 bits per heavy atom. The van der Waals surface area contributed by atoms with Crippen molar-refractivity contribution in [1.82, 2.24) is 0 Å². The number of carbonyl (C=O) groups excluding carboxylic acids is 1. The van der Waals surface area contributed by atoms with Crippen molar-refractivity contribution in [2.75, 3.05) is 6.61 Å². The average molecular weight is 262 g/mol. The molecule has 1 aliphatic heterocycles. The van der Waals surface area contributed by atoms with Gasteiger partial charge in [0.1, 0.15) is 6.26 Å². The van der Waals surface area contributed by atoms with E-state index in [0.717, 1.165) is 5.56 Å². The molecule has 0 fully saturated rings. The molecule has 0 saturated heterocycles. The molecule has 19 heavy (non-hydrogen) atoms. The van der Waals surface area contributed by atoms with E-state index in [9.17, 15) is 4.79 Å². The molecule has 1 unspecified atom stereocenters. The summed E-state index contributed by atoms with van der Waals surface area (Å²) in [6.45, 7) is 3.74. The zero-order valence-electron chi connectivity index (χ0n) is 11.2. The van der Waals surface area contributed by atoms with E-state index in [0.29, 0.717) is 18.6 Å². The van der Waals surface area contributed by atoms with Gasteiger partial charge < -0.3 is 14.2 Å². The topological polar surface area (TPSA) is 44.8 Å². The van der Waals surface area contributed by atoms with Gasteiger partial charge in [0.05, 0.1) is 0 Å². The van der Waals surface area contributed by atoms with E-state index in [1.807, 2.05) is 37.3 Å². The molecule has 0 N–H and O–H groups in total. The van der Waals surface area contributed by atoms with Crippen LogP contribution >= 0.6 is 0 Å². The molecule has 1 aromatic rings. The number of hydrogen-bond acceptors (Lipinski definition) is 4. The maximum Gasteiger partial charge on any atom is 0.305 e. The second-order valence-electron chi connectivity index (χ2n) is 4.61. The van der Waals surface area contributed by atoms with Crippen LogP contribution in [0.4, 0.5) is 0 Å². The number of rotatable bonds is 5. The van der Waals surface area contributed by atoms with Gasteiger partial charge in [0, 0.05) is 19.8 Å². The van der Waals surface area contributed by atoms with Crippen LogP contribution in [0, 0.1) is 0 Å². The van der Waals surface area contributed by atoms with Gasteiger partial charge in [0.15, 0.2) is 12.4 Å². The first-order valence-corrected chi connectivity index (χ1v) is 6.37. The Labute approximate surface area is 113 Å². The average Bonchev–Trinajstić information content (AvgIpc) is 2.78. The summed E-state index contributed by atoms with van der Waals surface area (Å²) in [5.41, 5.74) is 1.13. The molecule has 0 aliphatic carbocycles. The molecule has 0 bridgehead atoms. The van der Waals surface area contributed by atoms with E-state index in [4.69, 9.17) is 14.2 Å². The van der Waals surface area contributed by atoms with E-state index in [-0.39, 0.29) is 12.6 Å². The van der Waals surface area contributed by atoms with Crippen molar-refractivity contribution in [3.63, 3.8) is 0 Å². The molecule has 1 atom stereocenters. The van der Waals surface area contributed by atoms with Crippen LogP contribution in [0.3, 0.4) is 0 Å². The molecule has 1 heterocycles. The van der Waals surface area contributed by atoms with E-state index in [1.165, 1.54) is 6.26 Å². The summed E-state index contributed by atoms with van der Waals surface area (Å²) >= 11 is 0. The minimum atomic E-state index is -0.727. The third-order valence-corrected chi connectivity index (χ3v) is 2.82. The molecule has 102 valence electrons. The Hall–Kier alpha value is -1.97. The van der Waals surface area contributed by atoms with Crippen LogP contribution in [-0.4, -0.2) is 18.4 Å². The van der Waals surface area contributed by atoms with Gasteiger partial charge in [-0.3, -0.25) is 4.79 Å². The normalized spacial score (nSPS) is 21.3. The maximum atomic E-state index is 11.1. The summed E-state index contributed by atoms with van der Waals surface area (Å²) in [5.74, 6) is -0.434. The van der Waals surface area contributed by atoms with Crippen molar-refractivity contribution in [1.29, 1.82) is 0 Å². The van der Waals surface area contributed by atoms with Crippen molar-refractivity contribution in [2.24, 2.45) is 0 Å². The second kappa shape index (κ2) is 5.78. The summed E-state index contributed by atoms with van der Waals surface area (Å²) in [4.78, 5) is 11.1. The summed E-state index contributed by atoms with van der Waals surface area (Å²) in [6.07, 6.45) is 2.51. The van der Waals surface area contributed by atoms with Gasteiger partial charge in [-0.05, 0) is 5.56 Å². The second-order valence-corrected chi connectivity index (χ2v) is 4.61. The summed E-state index contributed by atoms with van der Waals surface area (Å²) < 4.78 is 16.3. The van der Waals surface area contributed by atoms with Gasteiger partial charge in [-0.15, -0.1) is 0 Å². The third kappa shape index (κ3) is 3.74. The zero-order valence-corrected chi connectivity index (χ0v) is 11.2. The first-order chi connectivity index (χ1) is 9.11. The largest absolute Gasteiger partial charge is 0.457 e. The Morgan fingerprint density at radius 3 is 2.74 bits per heavy atom. The number of benzene rings is 1. The monoisotopic (exact) mass is 262 g/mol. The van der Waals surface area contributed by atoms with Crippen molar-refractivity contribution in [3.8, 4) is 0 Å². The van der Waals surface area contributed by atoms with Crippen molar-refractivity contribution < 1.29 is 19.0 Å². The van der Waals surface area contributed by atoms with Crippen LogP contribution in [0.1, 0.15) is 25.8 Å². The van der Waals surface area contributed by atoms with Crippen LogP contribution < -0.4 is 0 Å². The molecule has 1 aliphatic rings. The van der Waals surface area contributed by atoms with Crippen LogP contribution in [0.2, 0.25) is 0 Å². The van der Waals surface area contributed by atoms with Gasteiger partial charge in [-0.2, -0.15) is 0 Å². The Morgan fingerprint density at radius 1 is 1.32 bits per heavy atom. The lowest BCUT2D eigenvalue weighted by atomic mass is 10.1. The van der Waals surface area contributed by atoms with Crippen molar-refractivity contribution >= 4 is 5.97 Å². The molecule has 0 amide bonds. The smallest absolute Gasteiger partial charge is 0.305 e. The Bertz CT molecular complexity index is 466. The van der Waals surface area contributed by atoms with E-state index in [2.05, 4.69) is 0 Å². The zero-order chi connectivity index (χ0) is 13.7. The SMILES string of the molecule is CCC(=O)OCC1=COC(C)(Cc2ccccc2)O1. The van der Waals surface area contributed by atoms with Crippen LogP contribution in [0.25, 0.3) is 0 Å². The van der Waals surface area contributed by atoms with E-state index in [1.54, 1.807) is 6.92 Å². The predicted octanol–water partition coefficient (Wildman–Crippen LogP) is 2.79. The molecule has 0 aromatic heterocycles. The van der Waals surface area contributed by atoms with Crippen molar-refractivity contribution in [3.05, 3.63) is 47.9 Å². The Balaban J connectivity index is 1.86. The van der Waals surface area contributed by atoms with Gasteiger partial charge in [-0.25, -0.2) is 0 Å². The molecule has 0 spiro atoms. The molecular weight excluding hydrogens is 244 g/mol. The first kappa shape index (κ1) is 13.5. The minimum Gasteiger partial charge on any atom is -0.457 e. The Kier molecular flexibility index (Phi) is 4.10. The van der Waals surface area contributed by atoms with Gasteiger partial charge >= 0.3 is 5.97 Å². The van der Waals surface area contributed by atoms with Crippen LogP contribution in [-0.2, 0) is 25.4 Å². The summed E-state index contributed by atoms with van der Waals surface area (Å²) in [7, 11) is 0. The lowest BCUT2D eigenvalue weighted by Gasteiger charge is -2.24. The fourth-order valence-electron chi connectivity index (χ4n) is 1.88. The lowest BCUT2D eigenvalue weighted by Crippen LogP contribution is -2.29. The number of hydrogen-bond donors (Lipinski definition) is 0. The standard InChI is InChI=1S/C15H18O4/c1-3-14(16)17-10-13-11-18-15(2,19-13)9-12-7-5-4-6-8-12/h4-8,11H,3,9-10H2,1-2H3. The predicted molar refractivity (Wildman–Crippen MR) is 70.1 cm³/mol. The van der Waals surface area contributed by atoms with Crippen molar-refractivity contribution in [2.45, 2.75) is 32.5 Å². The highest BCUT2D eigenvalue weighted by molar-refractivity contribution is 5.69. The lowest BCUT2D eigenvalue weighted by molar-refractivity contribution is -0.150. The maximum absolute atomic E-state index is 11.1. The third-order valence-electron chi connectivity index (χ3n) is 2.82. The highest BCUT2D eigenvalue weighted by atomic mass is 16.7. The fraction of sp³-hybridized carbons (Fsp3) is 0.400. The number of esters is 1. The van der Waals surface area contributed by atoms with Crippen LogP contribution in [0.15, 0.2) is 42.4 Å². The molecule has 1 aromatic carbocycles. The minimum absolute atomic E-state index is 0.122.